The predicted octanol–water partition coefficient (Wildman–Crippen LogP) is 1.59. The summed E-state index contributed by atoms with van der Waals surface area (Å²) >= 11 is 0. The van der Waals surface area contributed by atoms with Crippen molar-refractivity contribution in [2.24, 2.45) is 0 Å². The van der Waals surface area contributed by atoms with Gasteiger partial charge in [-0.05, 0) is 12.8 Å². The summed E-state index contributed by atoms with van der Waals surface area (Å²) in [6, 6.07) is 5.62. The smallest absolute Gasteiger partial charge is 0.319 e. The molecule has 1 aliphatic rings. The van der Waals surface area contributed by atoms with Gasteiger partial charge in [-0.3, -0.25) is 4.79 Å². The summed E-state index contributed by atoms with van der Waals surface area (Å²) in [6.07, 6.45) is 3.53. The Labute approximate surface area is 172 Å². The van der Waals surface area contributed by atoms with Crippen LogP contribution in [0.15, 0.2) is 24.4 Å². The van der Waals surface area contributed by atoms with E-state index in [1.165, 1.54) is 14.2 Å². The lowest BCUT2D eigenvalue weighted by Crippen LogP contribution is -2.33. The molecule has 0 saturated carbocycles. The summed E-state index contributed by atoms with van der Waals surface area (Å²) < 4.78 is 16.0. The molecule has 3 N–H and O–H groups in total. The second kappa shape index (κ2) is 8.46. The molecule has 2 aromatic heterocycles. The molecule has 1 atom stereocenters. The number of nitrogens with two attached hydrogens (primary N) is 1. The number of rotatable bonds is 6. The number of methoxy groups -OCH3 is 2. The van der Waals surface area contributed by atoms with Crippen molar-refractivity contribution in [3.8, 4) is 23.0 Å². The first kappa shape index (κ1) is 19.8. The fourth-order valence-corrected chi connectivity index (χ4v) is 3.42. The Balaban J connectivity index is 1.69. The molecule has 10 nitrogen and oxygen atoms in total. The van der Waals surface area contributed by atoms with Crippen molar-refractivity contribution in [2.75, 3.05) is 33.1 Å². The number of ether oxygens (including phenoxy) is 3. The Kier molecular flexibility index (Phi) is 5.57. The molecule has 1 fully saturated rings. The maximum atomic E-state index is 12.6. The Hall–Kier alpha value is -3.53. The number of carbonyl (C=O) groups excluding carboxylic acids is 1. The second-order valence-electron chi connectivity index (χ2n) is 6.79. The number of amides is 1. The highest BCUT2D eigenvalue weighted by molar-refractivity contribution is 6.07. The minimum absolute atomic E-state index is 0.0257. The van der Waals surface area contributed by atoms with Gasteiger partial charge in [-0.2, -0.15) is 4.98 Å². The summed E-state index contributed by atoms with van der Waals surface area (Å²) in [5, 5.41) is 11.8. The fourth-order valence-electron chi connectivity index (χ4n) is 3.42. The fraction of sp³-hybridized carbons (Fsp3) is 0.350. The lowest BCUT2D eigenvalue weighted by atomic mass is 10.0. The third-order valence-corrected chi connectivity index (χ3v) is 4.96. The van der Waals surface area contributed by atoms with Crippen LogP contribution in [-0.4, -0.2) is 59.5 Å². The van der Waals surface area contributed by atoms with Crippen molar-refractivity contribution in [3.05, 3.63) is 30.1 Å². The van der Waals surface area contributed by atoms with Crippen LogP contribution in [0, 0.1) is 0 Å². The molecule has 4 rings (SSSR count). The van der Waals surface area contributed by atoms with Gasteiger partial charge in [-0.25, -0.2) is 4.98 Å². The van der Waals surface area contributed by atoms with Crippen molar-refractivity contribution in [2.45, 2.75) is 18.9 Å². The highest BCUT2D eigenvalue weighted by atomic mass is 16.5. The van der Waals surface area contributed by atoms with Gasteiger partial charge in [0.2, 0.25) is 5.88 Å². The van der Waals surface area contributed by atoms with Crippen molar-refractivity contribution in [1.82, 2.24) is 25.5 Å². The van der Waals surface area contributed by atoms with Crippen molar-refractivity contribution >= 4 is 22.5 Å². The predicted molar refractivity (Wildman–Crippen MR) is 109 cm³/mol. The zero-order valence-corrected chi connectivity index (χ0v) is 16.7. The molecular weight excluding hydrogens is 388 g/mol. The van der Waals surface area contributed by atoms with Crippen LogP contribution in [0.3, 0.4) is 0 Å². The van der Waals surface area contributed by atoms with Gasteiger partial charge in [0.25, 0.3) is 5.91 Å². The van der Waals surface area contributed by atoms with E-state index in [0.717, 1.165) is 19.4 Å². The van der Waals surface area contributed by atoms with Crippen LogP contribution in [0.4, 0.5) is 5.69 Å². The van der Waals surface area contributed by atoms with Gasteiger partial charge in [-0.15, -0.1) is 10.2 Å². The van der Waals surface area contributed by atoms with E-state index in [2.05, 4.69) is 25.5 Å². The first-order chi connectivity index (χ1) is 14.6. The highest BCUT2D eigenvalue weighted by Crippen LogP contribution is 2.35. The molecule has 30 heavy (non-hydrogen) atoms. The van der Waals surface area contributed by atoms with Gasteiger partial charge in [0, 0.05) is 30.3 Å². The third kappa shape index (κ3) is 3.69. The van der Waals surface area contributed by atoms with E-state index in [9.17, 15) is 4.79 Å². The van der Waals surface area contributed by atoms with Crippen LogP contribution in [-0.2, 0) is 4.74 Å². The third-order valence-electron chi connectivity index (χ3n) is 4.96. The summed E-state index contributed by atoms with van der Waals surface area (Å²) in [7, 11) is 2.98. The summed E-state index contributed by atoms with van der Waals surface area (Å²) in [5.41, 5.74) is 8.41. The van der Waals surface area contributed by atoms with Crippen molar-refractivity contribution < 1.29 is 19.0 Å². The quantitative estimate of drug-likeness (QED) is 0.621. The number of anilines is 1. The maximum absolute atomic E-state index is 12.6. The van der Waals surface area contributed by atoms with E-state index in [0.29, 0.717) is 34.5 Å². The number of hydrogen-bond donors (Lipinski definition) is 2. The molecule has 3 heterocycles. The lowest BCUT2D eigenvalue weighted by molar-refractivity contribution is 0.0854. The number of nitrogen functional groups attached to an aromatic ring is 1. The van der Waals surface area contributed by atoms with E-state index in [-0.39, 0.29) is 29.4 Å². The molecular formula is C20H22N6O4. The van der Waals surface area contributed by atoms with E-state index in [1.807, 2.05) is 12.1 Å². The Morgan fingerprint density at radius 2 is 2.13 bits per heavy atom. The van der Waals surface area contributed by atoms with Gasteiger partial charge in [0.15, 0.2) is 5.69 Å². The van der Waals surface area contributed by atoms with Crippen LogP contribution in [0.5, 0.6) is 11.9 Å². The largest absolute Gasteiger partial charge is 0.480 e. The normalized spacial score (nSPS) is 15.9. The molecule has 1 saturated heterocycles. The average molecular weight is 410 g/mol. The molecule has 0 aliphatic carbocycles. The molecule has 1 unspecified atom stereocenters. The molecule has 156 valence electrons. The number of hydrogen-bond acceptors (Lipinski definition) is 9. The van der Waals surface area contributed by atoms with E-state index >= 15 is 0 Å². The molecule has 0 radical (unpaired) electrons. The molecule has 1 amide bonds. The van der Waals surface area contributed by atoms with Crippen LogP contribution in [0.25, 0.3) is 22.0 Å². The Morgan fingerprint density at radius 1 is 1.27 bits per heavy atom. The first-order valence-corrected chi connectivity index (χ1v) is 9.52. The van der Waals surface area contributed by atoms with Gasteiger partial charge in [-0.1, -0.05) is 18.2 Å². The van der Waals surface area contributed by atoms with Gasteiger partial charge >= 0.3 is 6.01 Å². The summed E-state index contributed by atoms with van der Waals surface area (Å²) in [6.45, 7) is 1.14. The number of nitrogens with zero attached hydrogens (tertiary/aromatic N) is 4. The number of fused-ring (bicyclic) bond motifs is 1. The monoisotopic (exact) mass is 410 g/mol. The summed E-state index contributed by atoms with van der Waals surface area (Å²) in [5.74, 6) is -0.0544. The van der Waals surface area contributed by atoms with Crippen molar-refractivity contribution in [3.63, 3.8) is 0 Å². The Bertz CT molecular complexity index is 1080. The minimum atomic E-state index is -0.381. The number of carbonyl (C=O) groups is 1. The van der Waals surface area contributed by atoms with Crippen LogP contribution in [0.1, 0.15) is 23.3 Å². The van der Waals surface area contributed by atoms with Gasteiger partial charge in [0.05, 0.1) is 31.6 Å². The SMILES string of the molecule is COc1ncc(-c2cccc3c(N)c(C(=O)NCC4CCCO4)nnc23)c(OC)n1. The number of aromatic nitrogens is 4. The molecule has 0 bridgehead atoms. The zero-order chi connectivity index (χ0) is 21.1. The molecule has 0 spiro atoms. The average Bonchev–Trinajstić information content (AvgIpc) is 3.31. The second-order valence-corrected chi connectivity index (χ2v) is 6.79. The number of nitrogens with one attached hydrogen (secondary N) is 1. The molecule has 10 heteroatoms. The van der Waals surface area contributed by atoms with E-state index in [1.54, 1.807) is 12.3 Å². The molecule has 1 aromatic carbocycles. The standard InChI is InChI=1S/C20H22N6O4/c1-28-19-14(10-23-20(24-19)29-2)12-6-3-7-13-15(21)17(26-25-16(12)13)18(27)22-9-11-5-4-8-30-11/h3,6-7,10-11H,4-5,8-9H2,1-2H3,(H2,21,25)(H,22,27). The van der Waals surface area contributed by atoms with Crippen LogP contribution < -0.4 is 20.5 Å². The Morgan fingerprint density at radius 3 is 2.87 bits per heavy atom. The zero-order valence-electron chi connectivity index (χ0n) is 16.7. The molecule has 1 aliphatic heterocycles. The van der Waals surface area contributed by atoms with Gasteiger partial charge < -0.3 is 25.3 Å². The number of benzene rings is 1. The van der Waals surface area contributed by atoms with Crippen LogP contribution in [0.2, 0.25) is 0 Å². The van der Waals surface area contributed by atoms with Crippen molar-refractivity contribution in [1.29, 1.82) is 0 Å². The maximum Gasteiger partial charge on any atom is 0.319 e. The van der Waals surface area contributed by atoms with Crippen LogP contribution >= 0.6 is 0 Å². The first-order valence-electron chi connectivity index (χ1n) is 9.52. The van der Waals surface area contributed by atoms with E-state index < -0.39 is 0 Å². The topological polar surface area (TPSA) is 134 Å². The van der Waals surface area contributed by atoms with E-state index in [4.69, 9.17) is 19.9 Å². The lowest BCUT2D eigenvalue weighted by Gasteiger charge is -2.13. The minimum Gasteiger partial charge on any atom is -0.480 e. The van der Waals surface area contributed by atoms with Gasteiger partial charge in [0.1, 0.15) is 5.52 Å². The molecule has 3 aromatic rings. The highest BCUT2D eigenvalue weighted by Gasteiger charge is 2.21. The summed E-state index contributed by atoms with van der Waals surface area (Å²) in [4.78, 5) is 21.0.